The molecule has 49 heteroatoms. The summed E-state index contributed by atoms with van der Waals surface area (Å²) in [6.07, 6.45) is -81.1. The molecular formula is C63H98O49. The second-order valence-electron chi connectivity index (χ2n) is 26.9. The van der Waals surface area contributed by atoms with Crippen molar-refractivity contribution >= 4 is 41.8 Å². The predicted octanol–water partition coefficient (Wildman–Crippen LogP) is -11.7. The second-order valence-corrected chi connectivity index (χ2v) is 26.9. The molecule has 21 heterocycles. The second kappa shape index (κ2) is 43.9. The minimum absolute atomic E-state index is 0.591. The molecule has 0 aromatic rings. The molecule has 644 valence electrons. The molecule has 21 rings (SSSR count). The van der Waals surface area contributed by atoms with Gasteiger partial charge in [-0.25, -0.2) is 0 Å². The Hall–Kier alpha value is -5.11. The van der Waals surface area contributed by atoms with Gasteiger partial charge in [-0.2, -0.15) is 0 Å². The fourth-order valence-electron chi connectivity index (χ4n) is 12.8. The lowest BCUT2D eigenvalue weighted by molar-refractivity contribution is -0.397. The number of carboxylic acids is 7. The maximum Gasteiger partial charge on any atom is 0.305 e. The molecule has 112 heavy (non-hydrogen) atoms. The van der Waals surface area contributed by atoms with Gasteiger partial charge in [-0.15, -0.1) is 0 Å². The summed E-state index contributed by atoms with van der Waals surface area (Å²) in [6, 6.07) is 0. The molecule has 0 aliphatic carbocycles. The lowest BCUT2D eigenvalue weighted by Gasteiger charge is -2.50. The molecule has 21 saturated heterocycles. The molecule has 0 spiro atoms. The first-order valence-electron chi connectivity index (χ1n) is 35.4. The first kappa shape index (κ1) is 92.4. The molecule has 0 amide bonds. The normalized spacial score (nSPS) is 41.5. The van der Waals surface area contributed by atoms with Gasteiger partial charge in [0.15, 0.2) is 44.0 Å². The minimum atomic E-state index is -2.41. The van der Waals surface area contributed by atoms with E-state index in [1.54, 1.807) is 0 Å². The average Bonchev–Trinajstić information content (AvgIpc) is 0.778. The first-order chi connectivity index (χ1) is 53.1. The van der Waals surface area contributed by atoms with Crippen LogP contribution in [0.25, 0.3) is 0 Å². The molecule has 0 aromatic heterocycles. The maximum absolute atomic E-state index is 12.1. The summed E-state index contributed by atoms with van der Waals surface area (Å²) in [5, 5.41) is 234. The lowest BCUT2D eigenvalue weighted by atomic mass is 9.95. The van der Waals surface area contributed by atoms with E-state index in [4.69, 9.17) is 99.5 Å². The van der Waals surface area contributed by atoms with Crippen molar-refractivity contribution in [3.63, 3.8) is 0 Å². The zero-order chi connectivity index (χ0) is 81.9. The van der Waals surface area contributed by atoms with Crippen molar-refractivity contribution in [3.05, 3.63) is 0 Å². The third-order valence-electron chi connectivity index (χ3n) is 18.7. The van der Waals surface area contributed by atoms with Crippen LogP contribution in [-0.2, 0) is 133 Å². The monoisotopic (exact) mass is 1640 g/mol. The Morgan fingerprint density at radius 2 is 0.286 bits per heavy atom. The van der Waals surface area contributed by atoms with E-state index in [0.717, 1.165) is 0 Å². The topological polar surface area (TPSA) is 738 Å². The van der Waals surface area contributed by atoms with Crippen molar-refractivity contribution in [1.82, 2.24) is 0 Å². The number of carbonyl (C=O) groups is 7. The highest BCUT2D eigenvalue weighted by molar-refractivity contribution is 5.68. The van der Waals surface area contributed by atoms with E-state index in [1.807, 2.05) is 0 Å². The van der Waals surface area contributed by atoms with Crippen LogP contribution in [0, 0.1) is 0 Å². The van der Waals surface area contributed by atoms with E-state index >= 15 is 0 Å². The minimum Gasteiger partial charge on any atom is -0.481 e. The molecule has 0 radical (unpaired) electrons. The molecular weight excluding hydrogens is 1540 g/mol. The average molecular weight is 1640 g/mol. The number of hydrogen-bond donors (Lipinski definition) is 21. The van der Waals surface area contributed by atoms with Crippen molar-refractivity contribution in [3.8, 4) is 0 Å². The number of carboxylic acid groups (broad SMARTS) is 7. The Balaban J connectivity index is 1.21. The van der Waals surface area contributed by atoms with Crippen LogP contribution in [0.1, 0.15) is 44.9 Å². The van der Waals surface area contributed by atoms with E-state index in [-0.39, 0.29) is 0 Å². The highest BCUT2D eigenvalue weighted by atomic mass is 16.8. The zero-order valence-electron chi connectivity index (χ0n) is 59.4. The standard InChI is InChI=1S/C63H98O49/c64-29(65)1-8-92-15-22-50-36(78)43(85)57(99-22)107-51-23(16-93-9-2-30(66)67)101-59(45(87)38(51)80)109-53-25(18-95-11-4-32(70)71)103-61(47(89)40(53)82)111-55-27(20-97-13-6-34(74)75)105-63(49(91)42(55)84)112-56-28(21-98-14-7-35(76)77)104-62(48(90)41(56)83)110-54-26(19-96-12-5-33(72)73)102-60(46(88)39(54)81)108-52-24(17-94-10-3-31(68)69)100-58(106-50)44(86)37(52)79/h22-28,36-63,78-91H,1-21H2,(H,64,65)(H,66,67)(H,68,69)(H,70,71)(H,72,73)(H,74,75)(H,76,77). The molecule has 0 aromatic carbocycles. The SMILES string of the molecule is O=C(O)CCOCC1OC2OC3C(COCCC(=O)O)OC(OC4C(COCCC(=O)O)OC(OC5C(COCCC(=O)O)OC(OC6C(COCCC(=O)O)OC(OC7C(COCCC(=O)O)OC(OC8C(COCCC(=O)O)OC(OC1C(O)C2O)C(O)C8O)C(O)C7O)C(O)C6O)C(O)C5O)C(O)C4O)C(O)C3O. The molecule has 21 aliphatic rings. The van der Waals surface area contributed by atoms with E-state index in [0.29, 0.717) is 0 Å². The van der Waals surface area contributed by atoms with Gasteiger partial charge in [0.2, 0.25) is 0 Å². The molecule has 0 saturated carbocycles. The van der Waals surface area contributed by atoms with Crippen LogP contribution in [0.5, 0.6) is 0 Å². The fourth-order valence-corrected chi connectivity index (χ4v) is 12.8. The summed E-state index contributed by atoms with van der Waals surface area (Å²) in [5.41, 5.74) is 0. The number of rotatable bonds is 35. The van der Waals surface area contributed by atoms with Gasteiger partial charge in [-0.05, 0) is 0 Å². The van der Waals surface area contributed by atoms with Gasteiger partial charge in [0.05, 0.1) is 137 Å². The fraction of sp³-hybridized carbons (Fsp3) is 0.889. The quantitative estimate of drug-likeness (QED) is 0.0262. The maximum atomic E-state index is 12.1. The summed E-state index contributed by atoms with van der Waals surface area (Å²) < 4.78 is 124. The predicted molar refractivity (Wildman–Crippen MR) is 340 cm³/mol. The number of ether oxygens (including phenoxy) is 21. The summed E-state index contributed by atoms with van der Waals surface area (Å²) in [4.78, 5) is 81.2. The number of aliphatic hydroxyl groups excluding tert-OH is 14. The largest absolute Gasteiger partial charge is 0.481 e. The smallest absolute Gasteiger partial charge is 0.305 e. The Labute approximate surface area is 633 Å². The molecule has 21 aliphatic heterocycles. The van der Waals surface area contributed by atoms with Crippen LogP contribution in [0.15, 0.2) is 0 Å². The molecule has 49 nitrogen and oxygen atoms in total. The van der Waals surface area contributed by atoms with Crippen LogP contribution >= 0.6 is 0 Å². The third kappa shape index (κ3) is 25.2. The van der Waals surface area contributed by atoms with Gasteiger partial charge in [0.1, 0.15) is 171 Å². The molecule has 35 atom stereocenters. The van der Waals surface area contributed by atoms with Gasteiger partial charge in [0.25, 0.3) is 0 Å². The highest BCUT2D eigenvalue weighted by Crippen LogP contribution is 2.40. The highest BCUT2D eigenvalue weighted by Gasteiger charge is 2.60. The van der Waals surface area contributed by atoms with Crippen molar-refractivity contribution in [1.29, 1.82) is 0 Å². The van der Waals surface area contributed by atoms with Crippen molar-refractivity contribution in [2.45, 2.75) is 260 Å². The summed E-state index contributed by atoms with van der Waals surface area (Å²) in [7, 11) is 0. The summed E-state index contributed by atoms with van der Waals surface area (Å²) in [6.45, 7) is -9.92. The molecule has 21 N–H and O–H groups in total. The van der Waals surface area contributed by atoms with Crippen LogP contribution < -0.4 is 0 Å². The molecule has 21 fully saturated rings. The van der Waals surface area contributed by atoms with E-state index in [9.17, 15) is 141 Å². The van der Waals surface area contributed by atoms with Crippen LogP contribution in [0.4, 0.5) is 0 Å². The van der Waals surface area contributed by atoms with E-state index in [2.05, 4.69) is 0 Å². The van der Waals surface area contributed by atoms with Crippen LogP contribution in [-0.4, -0.2) is 456 Å². The van der Waals surface area contributed by atoms with Crippen molar-refractivity contribution < 1.29 is 240 Å². The van der Waals surface area contributed by atoms with E-state index in [1.165, 1.54) is 0 Å². The Bertz CT molecular complexity index is 2410. The van der Waals surface area contributed by atoms with Gasteiger partial charge < -0.3 is 207 Å². The van der Waals surface area contributed by atoms with E-state index < -0.39 is 394 Å². The van der Waals surface area contributed by atoms with Crippen molar-refractivity contribution in [2.24, 2.45) is 0 Å². The Morgan fingerprint density at radius 3 is 0.384 bits per heavy atom. The van der Waals surface area contributed by atoms with Gasteiger partial charge in [0, 0.05) is 0 Å². The van der Waals surface area contributed by atoms with Crippen molar-refractivity contribution in [2.75, 3.05) is 92.5 Å². The third-order valence-corrected chi connectivity index (χ3v) is 18.7. The lowest BCUT2D eigenvalue weighted by Crippen LogP contribution is -2.68. The summed E-state index contributed by atoms with van der Waals surface area (Å²) in [5.74, 6) is -9.61. The molecule has 35 unspecified atom stereocenters. The number of hydrogen-bond acceptors (Lipinski definition) is 42. The first-order valence-corrected chi connectivity index (χ1v) is 35.4. The Morgan fingerprint density at radius 1 is 0.179 bits per heavy atom. The zero-order valence-corrected chi connectivity index (χ0v) is 59.4. The van der Waals surface area contributed by atoms with Gasteiger partial charge >= 0.3 is 41.8 Å². The van der Waals surface area contributed by atoms with Gasteiger partial charge in [-0.1, -0.05) is 0 Å². The summed E-state index contributed by atoms with van der Waals surface area (Å²) >= 11 is 0. The van der Waals surface area contributed by atoms with Crippen LogP contribution in [0.2, 0.25) is 0 Å². The Kier molecular flexibility index (Phi) is 36.2. The number of aliphatic hydroxyl groups is 14. The molecule has 14 bridgehead atoms. The number of aliphatic carboxylic acids is 7. The van der Waals surface area contributed by atoms with Crippen LogP contribution in [0.3, 0.4) is 0 Å². The van der Waals surface area contributed by atoms with Gasteiger partial charge in [-0.3, -0.25) is 33.6 Å².